The van der Waals surface area contributed by atoms with E-state index in [-0.39, 0.29) is 28.3 Å². The second-order valence-corrected chi connectivity index (χ2v) is 5.69. The number of H-pyrrole nitrogens is 1. The van der Waals surface area contributed by atoms with Gasteiger partial charge in [-0.05, 0) is 19.8 Å². The number of hydrogen-bond acceptors (Lipinski definition) is 2. The molecule has 1 aromatic rings. The molecule has 2 unspecified atom stereocenters. The fraction of sp³-hybridized carbons (Fsp3) is 0.571. The number of aryl methyl sites for hydroxylation is 1. The van der Waals surface area contributed by atoms with Gasteiger partial charge in [-0.15, -0.1) is 11.6 Å². The van der Waals surface area contributed by atoms with Crippen molar-refractivity contribution in [2.75, 3.05) is 0 Å². The lowest BCUT2D eigenvalue weighted by Crippen LogP contribution is -2.42. The molecule has 2 atom stereocenters. The van der Waals surface area contributed by atoms with Crippen molar-refractivity contribution in [3.8, 4) is 0 Å². The predicted molar refractivity (Wildman–Crippen MR) is 75.8 cm³/mol. The number of nitrogens with one attached hydrogen (secondary N) is 2. The lowest BCUT2D eigenvalue weighted by atomic mass is 10.1. The Morgan fingerprint density at radius 2 is 2.11 bits per heavy atom. The molecule has 2 N–H and O–H groups in total. The van der Waals surface area contributed by atoms with Gasteiger partial charge in [-0.2, -0.15) is 0 Å². The highest BCUT2D eigenvalue weighted by molar-refractivity contribution is 6.21. The third-order valence-corrected chi connectivity index (χ3v) is 4.07. The third-order valence-electron chi connectivity index (χ3n) is 3.55. The largest absolute Gasteiger partial charge is 0.364 e. The molecule has 1 saturated carbocycles. The zero-order chi connectivity index (χ0) is 13.8. The van der Waals surface area contributed by atoms with Crippen molar-refractivity contribution in [1.29, 1.82) is 0 Å². The molecule has 4 nitrogen and oxygen atoms in total. The molecule has 104 valence electrons. The fourth-order valence-corrected chi connectivity index (χ4v) is 2.77. The molecule has 0 saturated heterocycles. The molecule has 1 aromatic heterocycles. The standard InChI is InChI=1S/C14H19ClN2O2/c1-9-7-13(18)10(8-16-9)14(19)17-12-6-4-2-3-5-11(12)15/h7-8,11-12H,2-6H2,1H3,(H,16,18)(H,17,19). The van der Waals surface area contributed by atoms with E-state index in [2.05, 4.69) is 10.3 Å². The molecule has 1 aliphatic rings. The zero-order valence-corrected chi connectivity index (χ0v) is 11.8. The van der Waals surface area contributed by atoms with Crippen molar-refractivity contribution in [3.63, 3.8) is 0 Å². The Morgan fingerprint density at radius 1 is 1.37 bits per heavy atom. The first kappa shape index (κ1) is 14.1. The highest BCUT2D eigenvalue weighted by Crippen LogP contribution is 2.22. The molecule has 0 radical (unpaired) electrons. The number of alkyl halides is 1. The van der Waals surface area contributed by atoms with Crippen LogP contribution in [-0.4, -0.2) is 22.3 Å². The van der Waals surface area contributed by atoms with E-state index in [0.717, 1.165) is 37.8 Å². The predicted octanol–water partition coefficient (Wildman–Crippen LogP) is 2.35. The van der Waals surface area contributed by atoms with Crippen molar-refractivity contribution >= 4 is 17.5 Å². The number of aromatic amines is 1. The average Bonchev–Trinajstić information content (AvgIpc) is 2.55. The van der Waals surface area contributed by atoms with Gasteiger partial charge in [0, 0.05) is 24.0 Å². The zero-order valence-electron chi connectivity index (χ0n) is 11.0. The highest BCUT2D eigenvalue weighted by Gasteiger charge is 2.24. The number of carbonyl (C=O) groups is 1. The van der Waals surface area contributed by atoms with Crippen molar-refractivity contribution in [2.24, 2.45) is 0 Å². The molecule has 0 aliphatic heterocycles. The summed E-state index contributed by atoms with van der Waals surface area (Å²) in [6.07, 6.45) is 6.58. The lowest BCUT2D eigenvalue weighted by Gasteiger charge is -2.20. The quantitative estimate of drug-likeness (QED) is 0.646. The van der Waals surface area contributed by atoms with Gasteiger partial charge in [0.05, 0.1) is 5.38 Å². The Labute approximate surface area is 117 Å². The molecule has 0 aromatic carbocycles. The molecule has 0 spiro atoms. The maximum Gasteiger partial charge on any atom is 0.257 e. The smallest absolute Gasteiger partial charge is 0.257 e. The van der Waals surface area contributed by atoms with Gasteiger partial charge in [-0.3, -0.25) is 9.59 Å². The van der Waals surface area contributed by atoms with Crippen molar-refractivity contribution in [1.82, 2.24) is 10.3 Å². The fourth-order valence-electron chi connectivity index (χ4n) is 2.42. The Morgan fingerprint density at radius 3 is 2.84 bits per heavy atom. The van der Waals surface area contributed by atoms with Crippen LogP contribution in [0.15, 0.2) is 17.1 Å². The van der Waals surface area contributed by atoms with Crippen LogP contribution in [0.4, 0.5) is 0 Å². The van der Waals surface area contributed by atoms with E-state index in [1.165, 1.54) is 12.3 Å². The van der Waals surface area contributed by atoms with Crippen LogP contribution in [0.2, 0.25) is 0 Å². The summed E-state index contributed by atoms with van der Waals surface area (Å²) in [6.45, 7) is 1.78. The summed E-state index contributed by atoms with van der Waals surface area (Å²) in [5.74, 6) is -0.334. The number of carbonyl (C=O) groups excluding carboxylic acids is 1. The lowest BCUT2D eigenvalue weighted by molar-refractivity contribution is 0.0932. The van der Waals surface area contributed by atoms with Crippen LogP contribution in [0.1, 0.15) is 48.2 Å². The van der Waals surface area contributed by atoms with Crippen molar-refractivity contribution in [2.45, 2.75) is 50.4 Å². The van der Waals surface area contributed by atoms with E-state index in [9.17, 15) is 9.59 Å². The molecule has 1 heterocycles. The summed E-state index contributed by atoms with van der Waals surface area (Å²) < 4.78 is 0. The van der Waals surface area contributed by atoms with Crippen LogP contribution in [0, 0.1) is 6.92 Å². The summed E-state index contributed by atoms with van der Waals surface area (Å²) in [5, 5.41) is 2.85. The highest BCUT2D eigenvalue weighted by atomic mass is 35.5. The first-order valence-electron chi connectivity index (χ1n) is 6.72. The molecule has 1 aliphatic carbocycles. The summed E-state index contributed by atoms with van der Waals surface area (Å²) in [5.41, 5.74) is 0.637. The van der Waals surface area contributed by atoms with Crippen LogP contribution in [0.5, 0.6) is 0 Å². The van der Waals surface area contributed by atoms with Gasteiger partial charge in [0.2, 0.25) is 0 Å². The first-order chi connectivity index (χ1) is 9.08. The molecule has 2 rings (SSSR count). The second-order valence-electron chi connectivity index (χ2n) is 5.13. The van der Waals surface area contributed by atoms with Gasteiger partial charge in [0.1, 0.15) is 5.56 Å². The SMILES string of the molecule is Cc1cc(=O)c(C(=O)NC2CCCCCC2Cl)c[nH]1. The molecule has 0 bridgehead atoms. The topological polar surface area (TPSA) is 62.0 Å². The van der Waals surface area contributed by atoms with Crippen molar-refractivity contribution in [3.05, 3.63) is 33.7 Å². The van der Waals surface area contributed by atoms with Gasteiger partial charge >= 0.3 is 0 Å². The van der Waals surface area contributed by atoms with E-state index < -0.39 is 0 Å². The maximum absolute atomic E-state index is 12.1. The summed E-state index contributed by atoms with van der Waals surface area (Å²) in [7, 11) is 0. The maximum atomic E-state index is 12.1. The molecule has 19 heavy (non-hydrogen) atoms. The summed E-state index contributed by atoms with van der Waals surface area (Å²) in [6, 6.07) is 1.39. The van der Waals surface area contributed by atoms with Crippen LogP contribution in [-0.2, 0) is 0 Å². The first-order valence-corrected chi connectivity index (χ1v) is 7.16. The minimum absolute atomic E-state index is 0.0441. The molecular weight excluding hydrogens is 264 g/mol. The Kier molecular flexibility index (Phi) is 4.64. The Balaban J connectivity index is 2.09. The second kappa shape index (κ2) is 6.24. The van der Waals surface area contributed by atoms with Crippen LogP contribution in [0.3, 0.4) is 0 Å². The van der Waals surface area contributed by atoms with Crippen LogP contribution in [0.25, 0.3) is 0 Å². The summed E-state index contributed by atoms with van der Waals surface area (Å²) >= 11 is 6.28. The van der Waals surface area contributed by atoms with E-state index in [1.54, 1.807) is 6.92 Å². The van der Waals surface area contributed by atoms with Crippen molar-refractivity contribution < 1.29 is 4.79 Å². The Bertz CT molecular complexity index is 512. The number of rotatable bonds is 2. The minimum atomic E-state index is -0.334. The average molecular weight is 283 g/mol. The van der Waals surface area contributed by atoms with Gasteiger partial charge in [0.15, 0.2) is 5.43 Å². The van der Waals surface area contributed by atoms with E-state index in [1.807, 2.05) is 0 Å². The minimum Gasteiger partial charge on any atom is -0.364 e. The van der Waals surface area contributed by atoms with Gasteiger partial charge in [-0.1, -0.05) is 19.3 Å². The number of amides is 1. The number of hydrogen-bond donors (Lipinski definition) is 2. The van der Waals surface area contributed by atoms with E-state index in [0.29, 0.717) is 0 Å². The molecular formula is C14H19ClN2O2. The van der Waals surface area contributed by atoms with Gasteiger partial charge in [-0.25, -0.2) is 0 Å². The third kappa shape index (κ3) is 3.60. The number of halogens is 1. The molecule has 1 fully saturated rings. The van der Waals surface area contributed by atoms with Gasteiger partial charge < -0.3 is 10.3 Å². The van der Waals surface area contributed by atoms with E-state index in [4.69, 9.17) is 11.6 Å². The molecule has 1 amide bonds. The van der Waals surface area contributed by atoms with Crippen LogP contribution >= 0.6 is 11.6 Å². The molecule has 5 heteroatoms. The normalized spacial score (nSPS) is 23.7. The number of pyridine rings is 1. The van der Waals surface area contributed by atoms with Gasteiger partial charge in [0.25, 0.3) is 5.91 Å². The monoisotopic (exact) mass is 282 g/mol. The van der Waals surface area contributed by atoms with Crippen LogP contribution < -0.4 is 10.7 Å². The summed E-state index contributed by atoms with van der Waals surface area (Å²) in [4.78, 5) is 26.8. The van der Waals surface area contributed by atoms with E-state index >= 15 is 0 Å². The number of aromatic nitrogens is 1. The Hall–Kier alpha value is -1.29.